The first-order chi connectivity index (χ1) is 6.74. The van der Waals surface area contributed by atoms with Gasteiger partial charge < -0.3 is 4.74 Å². The van der Waals surface area contributed by atoms with Gasteiger partial charge in [0.2, 0.25) is 0 Å². The molecule has 82 valence electrons. The Morgan fingerprint density at radius 1 is 1.00 bits per heavy atom. The SMILES string of the molecule is Cc1cc2c(cc1Br)C(C)(C)OC2(C)C. The van der Waals surface area contributed by atoms with Crippen molar-refractivity contribution in [2.45, 2.75) is 45.8 Å². The zero-order valence-electron chi connectivity index (χ0n) is 9.94. The van der Waals surface area contributed by atoms with E-state index in [9.17, 15) is 0 Å². The van der Waals surface area contributed by atoms with Gasteiger partial charge in [0, 0.05) is 4.47 Å². The number of hydrogen-bond donors (Lipinski definition) is 0. The molecule has 0 aliphatic carbocycles. The number of rotatable bonds is 0. The van der Waals surface area contributed by atoms with Crippen molar-refractivity contribution in [2.75, 3.05) is 0 Å². The number of benzene rings is 1. The first-order valence-electron chi connectivity index (χ1n) is 5.25. The van der Waals surface area contributed by atoms with E-state index in [4.69, 9.17) is 4.74 Å². The fraction of sp³-hybridized carbons (Fsp3) is 0.538. The Kier molecular flexibility index (Phi) is 2.29. The Labute approximate surface area is 100.0 Å². The molecule has 0 saturated carbocycles. The molecule has 1 aromatic rings. The zero-order valence-corrected chi connectivity index (χ0v) is 11.5. The maximum atomic E-state index is 6.10. The summed E-state index contributed by atoms with van der Waals surface area (Å²) in [5, 5.41) is 0. The number of fused-ring (bicyclic) bond motifs is 1. The van der Waals surface area contributed by atoms with Gasteiger partial charge in [-0.3, -0.25) is 0 Å². The molecule has 0 spiro atoms. The van der Waals surface area contributed by atoms with E-state index in [0.29, 0.717) is 0 Å². The van der Waals surface area contributed by atoms with Gasteiger partial charge in [0.25, 0.3) is 0 Å². The highest BCUT2D eigenvalue weighted by Crippen LogP contribution is 2.47. The van der Waals surface area contributed by atoms with E-state index < -0.39 is 0 Å². The van der Waals surface area contributed by atoms with Crippen molar-refractivity contribution in [3.8, 4) is 0 Å². The Hall–Kier alpha value is -0.340. The van der Waals surface area contributed by atoms with Crippen LogP contribution in [0.1, 0.15) is 44.4 Å². The van der Waals surface area contributed by atoms with Crippen molar-refractivity contribution in [3.63, 3.8) is 0 Å². The van der Waals surface area contributed by atoms with E-state index in [2.05, 4.69) is 62.7 Å². The van der Waals surface area contributed by atoms with Gasteiger partial charge in [-0.25, -0.2) is 0 Å². The lowest BCUT2D eigenvalue weighted by Crippen LogP contribution is -2.22. The summed E-state index contributed by atoms with van der Waals surface area (Å²) in [5.41, 5.74) is 3.51. The maximum Gasteiger partial charge on any atom is 0.0891 e. The molecule has 1 aliphatic rings. The van der Waals surface area contributed by atoms with E-state index in [0.717, 1.165) is 4.47 Å². The van der Waals surface area contributed by atoms with Gasteiger partial charge in [-0.1, -0.05) is 22.0 Å². The van der Waals surface area contributed by atoms with Crippen LogP contribution in [0.25, 0.3) is 0 Å². The molecule has 1 aliphatic heterocycles. The standard InChI is InChI=1S/C13H17BrO/c1-8-6-9-10(7-11(8)14)13(4,5)15-12(9,2)3/h6-7H,1-5H3. The molecule has 0 saturated heterocycles. The van der Waals surface area contributed by atoms with E-state index in [1.165, 1.54) is 16.7 Å². The van der Waals surface area contributed by atoms with Crippen LogP contribution in [0.4, 0.5) is 0 Å². The summed E-state index contributed by atoms with van der Waals surface area (Å²) in [7, 11) is 0. The smallest absolute Gasteiger partial charge is 0.0891 e. The molecule has 0 atom stereocenters. The molecule has 0 amide bonds. The van der Waals surface area contributed by atoms with Crippen LogP contribution in [0.5, 0.6) is 0 Å². The summed E-state index contributed by atoms with van der Waals surface area (Å²) in [6.45, 7) is 10.6. The van der Waals surface area contributed by atoms with Crippen molar-refractivity contribution in [3.05, 3.63) is 33.3 Å². The average molecular weight is 269 g/mol. The lowest BCUT2D eigenvalue weighted by atomic mass is 9.89. The predicted octanol–water partition coefficient (Wildman–Crippen LogP) is 4.26. The second-order valence-corrected chi connectivity index (χ2v) is 6.12. The van der Waals surface area contributed by atoms with Crippen LogP contribution in [-0.4, -0.2) is 0 Å². The van der Waals surface area contributed by atoms with Gasteiger partial charge >= 0.3 is 0 Å². The summed E-state index contributed by atoms with van der Waals surface area (Å²) in [5.74, 6) is 0. The molecule has 0 fully saturated rings. The molecule has 2 rings (SSSR count). The minimum absolute atomic E-state index is 0.176. The minimum Gasteiger partial charge on any atom is -0.360 e. The molecule has 0 N–H and O–H groups in total. The van der Waals surface area contributed by atoms with Crippen molar-refractivity contribution >= 4 is 15.9 Å². The Morgan fingerprint density at radius 3 is 2.00 bits per heavy atom. The van der Waals surface area contributed by atoms with Crippen LogP contribution in [0.2, 0.25) is 0 Å². The van der Waals surface area contributed by atoms with Crippen LogP contribution in [0.3, 0.4) is 0 Å². The lowest BCUT2D eigenvalue weighted by molar-refractivity contribution is -0.105. The van der Waals surface area contributed by atoms with Gasteiger partial charge in [0.1, 0.15) is 0 Å². The maximum absolute atomic E-state index is 6.10. The van der Waals surface area contributed by atoms with Gasteiger partial charge in [0.15, 0.2) is 0 Å². The van der Waals surface area contributed by atoms with Gasteiger partial charge in [0.05, 0.1) is 11.2 Å². The minimum atomic E-state index is -0.185. The highest BCUT2D eigenvalue weighted by Gasteiger charge is 2.43. The van der Waals surface area contributed by atoms with E-state index in [1.54, 1.807) is 0 Å². The topological polar surface area (TPSA) is 9.23 Å². The second-order valence-electron chi connectivity index (χ2n) is 5.27. The normalized spacial score (nSPS) is 21.5. The van der Waals surface area contributed by atoms with Gasteiger partial charge in [-0.05, 0) is 57.4 Å². The molecule has 2 heteroatoms. The van der Waals surface area contributed by atoms with Crippen LogP contribution in [0.15, 0.2) is 16.6 Å². The first-order valence-corrected chi connectivity index (χ1v) is 6.04. The van der Waals surface area contributed by atoms with Gasteiger partial charge in [-0.2, -0.15) is 0 Å². The number of hydrogen-bond acceptors (Lipinski definition) is 1. The monoisotopic (exact) mass is 268 g/mol. The summed E-state index contributed by atoms with van der Waals surface area (Å²) >= 11 is 3.58. The Morgan fingerprint density at radius 2 is 1.47 bits per heavy atom. The third kappa shape index (κ3) is 1.64. The molecule has 0 unspecified atom stereocenters. The summed E-state index contributed by atoms with van der Waals surface area (Å²) in [6.07, 6.45) is 0. The first kappa shape index (κ1) is 11.2. The number of halogens is 1. The molecule has 0 aromatic heterocycles. The van der Waals surface area contributed by atoms with E-state index >= 15 is 0 Å². The van der Waals surface area contributed by atoms with E-state index in [1.807, 2.05) is 0 Å². The Bertz CT molecular complexity index is 380. The highest BCUT2D eigenvalue weighted by atomic mass is 79.9. The van der Waals surface area contributed by atoms with Crippen LogP contribution in [-0.2, 0) is 15.9 Å². The fourth-order valence-electron chi connectivity index (χ4n) is 2.43. The Balaban J connectivity index is 2.71. The third-order valence-electron chi connectivity index (χ3n) is 3.11. The number of aryl methyl sites for hydroxylation is 1. The zero-order chi connectivity index (χ0) is 11.4. The van der Waals surface area contributed by atoms with Crippen molar-refractivity contribution < 1.29 is 4.74 Å². The van der Waals surface area contributed by atoms with E-state index in [-0.39, 0.29) is 11.2 Å². The number of ether oxygens (including phenoxy) is 1. The molecular formula is C13H17BrO. The quantitative estimate of drug-likeness (QED) is 0.683. The largest absolute Gasteiger partial charge is 0.360 e. The molecular weight excluding hydrogens is 252 g/mol. The van der Waals surface area contributed by atoms with Crippen molar-refractivity contribution in [2.24, 2.45) is 0 Å². The lowest BCUT2D eigenvalue weighted by Gasteiger charge is -2.24. The van der Waals surface area contributed by atoms with Crippen LogP contribution < -0.4 is 0 Å². The van der Waals surface area contributed by atoms with Crippen LogP contribution >= 0.6 is 15.9 Å². The summed E-state index contributed by atoms with van der Waals surface area (Å²) in [6, 6.07) is 4.42. The van der Waals surface area contributed by atoms with Gasteiger partial charge in [-0.15, -0.1) is 0 Å². The second kappa shape index (κ2) is 3.08. The van der Waals surface area contributed by atoms with Crippen molar-refractivity contribution in [1.82, 2.24) is 0 Å². The molecule has 0 bridgehead atoms. The third-order valence-corrected chi connectivity index (χ3v) is 3.96. The molecule has 1 heterocycles. The predicted molar refractivity (Wildman–Crippen MR) is 66.0 cm³/mol. The summed E-state index contributed by atoms with van der Waals surface area (Å²) < 4.78 is 7.26. The van der Waals surface area contributed by atoms with Crippen LogP contribution in [0, 0.1) is 6.92 Å². The highest BCUT2D eigenvalue weighted by molar-refractivity contribution is 9.10. The molecule has 0 radical (unpaired) electrons. The fourth-order valence-corrected chi connectivity index (χ4v) is 2.77. The summed E-state index contributed by atoms with van der Waals surface area (Å²) in [4.78, 5) is 0. The molecule has 1 nitrogen and oxygen atoms in total. The van der Waals surface area contributed by atoms with Crippen molar-refractivity contribution in [1.29, 1.82) is 0 Å². The molecule has 15 heavy (non-hydrogen) atoms. The average Bonchev–Trinajstić information content (AvgIpc) is 2.21. The molecule has 1 aromatic carbocycles.